The molecule has 132 valence electrons. The number of hydrogen-bond acceptors (Lipinski definition) is 4. The smallest absolute Gasteiger partial charge is 0.241 e. The van der Waals surface area contributed by atoms with E-state index in [0.717, 1.165) is 5.56 Å². The number of ether oxygens (including phenoxy) is 1. The van der Waals surface area contributed by atoms with Crippen molar-refractivity contribution in [2.45, 2.75) is 32.7 Å². The van der Waals surface area contributed by atoms with Crippen LogP contribution in [-0.2, 0) is 20.7 Å². The molecule has 3 N–H and O–H groups in total. The summed E-state index contributed by atoms with van der Waals surface area (Å²) in [6.07, 6.45) is 1.01. The van der Waals surface area contributed by atoms with Gasteiger partial charge in [0.1, 0.15) is 0 Å². The lowest BCUT2D eigenvalue weighted by atomic mass is 10.0. The lowest BCUT2D eigenvalue weighted by Crippen LogP contribution is -2.41. The summed E-state index contributed by atoms with van der Waals surface area (Å²) in [4.78, 5) is 26.0. The zero-order chi connectivity index (χ0) is 17.5. The summed E-state index contributed by atoms with van der Waals surface area (Å²) in [7, 11) is 0. The van der Waals surface area contributed by atoms with E-state index in [1.54, 1.807) is 0 Å². The summed E-state index contributed by atoms with van der Waals surface area (Å²) in [5, 5.41) is 2.82. The van der Waals surface area contributed by atoms with Gasteiger partial charge in [-0.15, -0.1) is 0 Å². The molecule has 1 aliphatic rings. The minimum atomic E-state index is -0.507. The Morgan fingerprint density at radius 2 is 1.83 bits per heavy atom. The van der Waals surface area contributed by atoms with Gasteiger partial charge in [0, 0.05) is 18.8 Å². The zero-order valence-electron chi connectivity index (χ0n) is 14.5. The van der Waals surface area contributed by atoms with Crippen LogP contribution in [0.3, 0.4) is 0 Å². The normalized spacial score (nSPS) is 16.1. The molecule has 1 saturated heterocycles. The minimum Gasteiger partial charge on any atom is -0.378 e. The summed E-state index contributed by atoms with van der Waals surface area (Å²) >= 11 is 0. The van der Waals surface area contributed by atoms with Crippen LogP contribution < -0.4 is 11.1 Å². The van der Waals surface area contributed by atoms with E-state index in [-0.39, 0.29) is 11.8 Å². The molecule has 0 bridgehead atoms. The fourth-order valence-corrected chi connectivity index (χ4v) is 2.65. The fraction of sp³-hybridized carbons (Fsp3) is 0.556. The Balaban J connectivity index is 1.86. The van der Waals surface area contributed by atoms with E-state index in [2.05, 4.69) is 5.32 Å². The van der Waals surface area contributed by atoms with Gasteiger partial charge in [-0.3, -0.25) is 9.59 Å². The molecule has 0 spiro atoms. The molecule has 1 atom stereocenters. The number of morpholine rings is 1. The predicted octanol–water partition coefficient (Wildman–Crippen LogP) is 1.40. The molecule has 0 saturated carbocycles. The van der Waals surface area contributed by atoms with Gasteiger partial charge in [0.05, 0.1) is 25.7 Å². The number of anilines is 1. The van der Waals surface area contributed by atoms with Crippen LogP contribution in [0, 0.1) is 5.92 Å². The zero-order valence-corrected chi connectivity index (χ0v) is 14.5. The second-order valence-corrected chi connectivity index (χ2v) is 6.59. The molecule has 6 nitrogen and oxygen atoms in total. The molecule has 24 heavy (non-hydrogen) atoms. The van der Waals surface area contributed by atoms with Gasteiger partial charge in [-0.1, -0.05) is 26.0 Å². The fourth-order valence-electron chi connectivity index (χ4n) is 2.65. The van der Waals surface area contributed by atoms with Crippen molar-refractivity contribution in [1.82, 2.24) is 4.90 Å². The Kier molecular flexibility index (Phi) is 6.75. The van der Waals surface area contributed by atoms with Crippen molar-refractivity contribution in [1.29, 1.82) is 0 Å². The highest BCUT2D eigenvalue weighted by atomic mass is 16.5. The molecule has 2 amide bonds. The Morgan fingerprint density at radius 1 is 1.21 bits per heavy atom. The summed E-state index contributed by atoms with van der Waals surface area (Å²) in [6.45, 7) is 6.59. The average Bonchev–Trinajstić information content (AvgIpc) is 2.56. The number of rotatable bonds is 6. The molecule has 0 unspecified atom stereocenters. The molecule has 1 aliphatic heterocycles. The quantitative estimate of drug-likeness (QED) is 0.824. The van der Waals surface area contributed by atoms with Crippen LogP contribution in [0.5, 0.6) is 0 Å². The van der Waals surface area contributed by atoms with Gasteiger partial charge in [0.15, 0.2) is 0 Å². The van der Waals surface area contributed by atoms with Crippen LogP contribution in [0.25, 0.3) is 0 Å². The van der Waals surface area contributed by atoms with E-state index in [9.17, 15) is 9.59 Å². The van der Waals surface area contributed by atoms with E-state index < -0.39 is 6.04 Å². The molecular formula is C18H27N3O3. The molecule has 0 radical (unpaired) electrons. The van der Waals surface area contributed by atoms with Crippen LogP contribution in [0.2, 0.25) is 0 Å². The number of benzene rings is 1. The van der Waals surface area contributed by atoms with E-state index in [4.69, 9.17) is 10.5 Å². The highest BCUT2D eigenvalue weighted by Gasteiger charge is 2.17. The van der Waals surface area contributed by atoms with Crippen LogP contribution in [0.15, 0.2) is 24.3 Å². The van der Waals surface area contributed by atoms with Gasteiger partial charge in [0.25, 0.3) is 0 Å². The Morgan fingerprint density at radius 3 is 2.42 bits per heavy atom. The number of nitrogens with two attached hydrogens (primary N) is 1. The first-order valence-electron chi connectivity index (χ1n) is 8.46. The Labute approximate surface area is 143 Å². The van der Waals surface area contributed by atoms with E-state index in [1.807, 2.05) is 43.0 Å². The van der Waals surface area contributed by atoms with Crippen molar-refractivity contribution in [2.75, 3.05) is 31.6 Å². The molecular weight excluding hydrogens is 306 g/mol. The molecule has 1 aromatic rings. The van der Waals surface area contributed by atoms with E-state index >= 15 is 0 Å². The largest absolute Gasteiger partial charge is 0.378 e. The topological polar surface area (TPSA) is 84.7 Å². The lowest BCUT2D eigenvalue weighted by molar-refractivity contribution is -0.134. The highest BCUT2D eigenvalue weighted by molar-refractivity contribution is 5.94. The second kappa shape index (κ2) is 8.80. The third-order valence-corrected chi connectivity index (χ3v) is 4.00. The monoisotopic (exact) mass is 333 g/mol. The van der Waals surface area contributed by atoms with Crippen molar-refractivity contribution in [3.05, 3.63) is 29.8 Å². The highest BCUT2D eigenvalue weighted by Crippen LogP contribution is 2.13. The number of nitrogens with one attached hydrogen (secondary N) is 1. The van der Waals surface area contributed by atoms with Gasteiger partial charge < -0.3 is 20.7 Å². The van der Waals surface area contributed by atoms with Crippen molar-refractivity contribution in [3.63, 3.8) is 0 Å². The standard InChI is InChI=1S/C18H27N3O3/c1-13(2)11-16(19)18(23)20-15-5-3-14(4-6-15)12-17(22)21-7-9-24-10-8-21/h3-6,13,16H,7-12,19H2,1-2H3,(H,20,23)/t16-/m0/s1. The summed E-state index contributed by atoms with van der Waals surface area (Å²) in [6, 6.07) is 6.83. The third kappa shape index (κ3) is 5.62. The first kappa shape index (κ1) is 18.4. The summed E-state index contributed by atoms with van der Waals surface area (Å²) in [5.41, 5.74) is 7.49. The van der Waals surface area contributed by atoms with Crippen LogP contribution >= 0.6 is 0 Å². The maximum absolute atomic E-state index is 12.2. The van der Waals surface area contributed by atoms with Crippen molar-refractivity contribution in [3.8, 4) is 0 Å². The maximum atomic E-state index is 12.2. The number of carbonyl (C=O) groups is 2. The van der Waals surface area contributed by atoms with Crippen LogP contribution in [-0.4, -0.2) is 49.1 Å². The minimum absolute atomic E-state index is 0.106. The third-order valence-electron chi connectivity index (χ3n) is 4.00. The number of carbonyl (C=O) groups excluding carboxylic acids is 2. The average molecular weight is 333 g/mol. The van der Waals surface area contributed by atoms with Crippen LogP contribution in [0.4, 0.5) is 5.69 Å². The van der Waals surface area contributed by atoms with Gasteiger partial charge >= 0.3 is 0 Å². The van der Waals surface area contributed by atoms with Crippen molar-refractivity contribution < 1.29 is 14.3 Å². The summed E-state index contributed by atoms with van der Waals surface area (Å²) in [5.74, 6) is 0.300. The molecule has 1 aromatic carbocycles. The Bertz CT molecular complexity index is 551. The SMILES string of the molecule is CC(C)C[C@H](N)C(=O)Nc1ccc(CC(=O)N2CCOCC2)cc1. The molecule has 0 aliphatic carbocycles. The number of nitrogens with zero attached hydrogens (tertiary/aromatic N) is 1. The first-order valence-corrected chi connectivity index (χ1v) is 8.46. The Hall–Kier alpha value is -1.92. The second-order valence-electron chi connectivity index (χ2n) is 6.59. The number of hydrogen-bond donors (Lipinski definition) is 2. The molecule has 2 rings (SSSR count). The maximum Gasteiger partial charge on any atom is 0.241 e. The molecule has 6 heteroatoms. The van der Waals surface area contributed by atoms with Crippen molar-refractivity contribution >= 4 is 17.5 Å². The van der Waals surface area contributed by atoms with E-state index in [1.165, 1.54) is 0 Å². The molecule has 1 fully saturated rings. The lowest BCUT2D eigenvalue weighted by Gasteiger charge is -2.26. The van der Waals surface area contributed by atoms with Gasteiger partial charge in [-0.2, -0.15) is 0 Å². The van der Waals surface area contributed by atoms with Gasteiger partial charge in [0.2, 0.25) is 11.8 Å². The van der Waals surface area contributed by atoms with Crippen LogP contribution in [0.1, 0.15) is 25.8 Å². The number of amides is 2. The first-order chi connectivity index (χ1) is 11.5. The van der Waals surface area contributed by atoms with Gasteiger partial charge in [-0.05, 0) is 30.0 Å². The van der Waals surface area contributed by atoms with Crippen molar-refractivity contribution in [2.24, 2.45) is 11.7 Å². The molecule has 0 aromatic heterocycles. The van der Waals surface area contributed by atoms with E-state index in [0.29, 0.717) is 50.8 Å². The van der Waals surface area contributed by atoms with Gasteiger partial charge in [-0.25, -0.2) is 0 Å². The predicted molar refractivity (Wildman–Crippen MR) is 93.6 cm³/mol. The summed E-state index contributed by atoms with van der Waals surface area (Å²) < 4.78 is 5.25. The molecule has 1 heterocycles.